The number of aromatic nitrogens is 2. The number of fused-ring (bicyclic) bond motifs is 1. The van der Waals surface area contributed by atoms with Gasteiger partial charge in [0.15, 0.2) is 0 Å². The van der Waals surface area contributed by atoms with Crippen molar-refractivity contribution in [3.05, 3.63) is 105 Å². The van der Waals surface area contributed by atoms with Gasteiger partial charge in [0.1, 0.15) is 11.6 Å². The summed E-state index contributed by atoms with van der Waals surface area (Å²) >= 11 is 6.08. The fraction of sp³-hybridized carbons (Fsp3) is 0.222. The number of methoxy groups -OCH3 is 1. The highest BCUT2D eigenvalue weighted by atomic mass is 35.5. The van der Waals surface area contributed by atoms with E-state index in [0.717, 1.165) is 0 Å². The number of carbonyl (C=O) groups is 1. The topological polar surface area (TPSA) is 64.4 Å². The molecule has 0 aliphatic carbocycles. The molecule has 1 aromatic heterocycles. The van der Waals surface area contributed by atoms with Gasteiger partial charge in [0.05, 0.1) is 22.6 Å². The molecule has 0 spiro atoms. The minimum absolute atomic E-state index is 0.245. The number of benzene rings is 3. The Balaban J connectivity index is 1.87. The Morgan fingerprint density at radius 1 is 1.09 bits per heavy atom. The SMILES string of the molecule is COCCCN(C(=O)c1ccc(F)cc1)C(C)c1nc2ccccc2c(=O)n1-c1ccc(Cl)cc1. The first-order chi connectivity index (χ1) is 16.9. The predicted octanol–water partition coefficient (Wildman–Crippen LogP) is 5.42. The van der Waals surface area contributed by atoms with Gasteiger partial charge in [-0.2, -0.15) is 0 Å². The maximum absolute atomic E-state index is 13.6. The first-order valence-corrected chi connectivity index (χ1v) is 11.6. The zero-order valence-electron chi connectivity index (χ0n) is 19.4. The molecular weight excluding hydrogens is 469 g/mol. The highest BCUT2D eigenvalue weighted by molar-refractivity contribution is 6.30. The van der Waals surface area contributed by atoms with E-state index in [1.807, 2.05) is 13.0 Å². The molecule has 1 unspecified atom stereocenters. The monoisotopic (exact) mass is 493 g/mol. The lowest BCUT2D eigenvalue weighted by atomic mass is 10.1. The average molecular weight is 494 g/mol. The van der Waals surface area contributed by atoms with Gasteiger partial charge in [-0.1, -0.05) is 23.7 Å². The molecule has 4 aromatic rings. The minimum Gasteiger partial charge on any atom is -0.385 e. The van der Waals surface area contributed by atoms with Crippen LogP contribution in [0.5, 0.6) is 0 Å². The van der Waals surface area contributed by atoms with Crippen molar-refractivity contribution in [1.82, 2.24) is 14.5 Å². The number of rotatable bonds is 8. The van der Waals surface area contributed by atoms with Crippen LogP contribution in [0.1, 0.15) is 35.6 Å². The summed E-state index contributed by atoms with van der Waals surface area (Å²) in [4.78, 5) is 33.6. The molecule has 3 aromatic carbocycles. The second-order valence-electron chi connectivity index (χ2n) is 8.13. The normalized spacial score (nSPS) is 12.0. The molecule has 0 bridgehead atoms. The summed E-state index contributed by atoms with van der Waals surface area (Å²) in [6.07, 6.45) is 0.576. The van der Waals surface area contributed by atoms with E-state index in [-0.39, 0.29) is 11.5 Å². The van der Waals surface area contributed by atoms with E-state index in [9.17, 15) is 14.0 Å². The van der Waals surface area contributed by atoms with Crippen LogP contribution in [0, 0.1) is 5.82 Å². The molecule has 0 aliphatic heterocycles. The maximum Gasteiger partial charge on any atom is 0.266 e. The Kier molecular flexibility index (Phi) is 7.58. The van der Waals surface area contributed by atoms with Crippen LogP contribution in [-0.2, 0) is 4.74 Å². The maximum atomic E-state index is 13.6. The van der Waals surface area contributed by atoms with Gasteiger partial charge in [-0.05, 0) is 74.0 Å². The molecule has 1 heterocycles. The van der Waals surface area contributed by atoms with Crippen molar-refractivity contribution < 1.29 is 13.9 Å². The molecule has 35 heavy (non-hydrogen) atoms. The van der Waals surface area contributed by atoms with Crippen molar-refractivity contribution in [2.75, 3.05) is 20.3 Å². The second kappa shape index (κ2) is 10.8. The molecule has 1 atom stereocenters. The van der Waals surface area contributed by atoms with Crippen LogP contribution in [0.3, 0.4) is 0 Å². The predicted molar refractivity (Wildman–Crippen MR) is 135 cm³/mol. The van der Waals surface area contributed by atoms with Crippen molar-refractivity contribution >= 4 is 28.4 Å². The van der Waals surface area contributed by atoms with E-state index in [4.69, 9.17) is 21.3 Å². The average Bonchev–Trinajstić information content (AvgIpc) is 2.87. The van der Waals surface area contributed by atoms with Crippen LogP contribution in [0.4, 0.5) is 4.39 Å². The van der Waals surface area contributed by atoms with Crippen LogP contribution in [0.25, 0.3) is 16.6 Å². The fourth-order valence-electron chi connectivity index (χ4n) is 4.02. The van der Waals surface area contributed by atoms with Gasteiger partial charge in [0, 0.05) is 30.8 Å². The van der Waals surface area contributed by atoms with E-state index >= 15 is 0 Å². The highest BCUT2D eigenvalue weighted by Crippen LogP contribution is 2.25. The Morgan fingerprint density at radius 3 is 2.46 bits per heavy atom. The van der Waals surface area contributed by atoms with E-state index in [0.29, 0.717) is 52.6 Å². The molecule has 180 valence electrons. The lowest BCUT2D eigenvalue weighted by Gasteiger charge is -2.30. The third kappa shape index (κ3) is 5.26. The third-order valence-corrected chi connectivity index (χ3v) is 6.08. The molecule has 0 radical (unpaired) electrons. The van der Waals surface area contributed by atoms with Crippen molar-refractivity contribution in [2.45, 2.75) is 19.4 Å². The van der Waals surface area contributed by atoms with Crippen molar-refractivity contribution in [3.8, 4) is 5.69 Å². The zero-order chi connectivity index (χ0) is 24.9. The Labute approximate surface area is 207 Å². The minimum atomic E-state index is -0.586. The lowest BCUT2D eigenvalue weighted by Crippen LogP contribution is -2.38. The lowest BCUT2D eigenvalue weighted by molar-refractivity contribution is 0.0657. The highest BCUT2D eigenvalue weighted by Gasteiger charge is 2.27. The molecule has 4 rings (SSSR count). The standard InChI is InChI=1S/C27H25ClFN3O3/c1-18(31(16-5-17-35-2)26(33)19-8-12-21(29)13-9-19)25-30-24-7-4-3-6-23(24)27(34)32(25)22-14-10-20(28)11-15-22/h3-4,6-15,18H,5,16-17H2,1-2H3. The van der Waals surface area contributed by atoms with E-state index < -0.39 is 11.9 Å². The second-order valence-corrected chi connectivity index (χ2v) is 8.57. The number of hydrogen-bond donors (Lipinski definition) is 0. The van der Waals surface area contributed by atoms with Crippen LogP contribution in [0.2, 0.25) is 5.02 Å². The van der Waals surface area contributed by atoms with E-state index in [2.05, 4.69) is 0 Å². The van der Waals surface area contributed by atoms with Crippen molar-refractivity contribution in [1.29, 1.82) is 0 Å². The molecule has 0 N–H and O–H groups in total. The largest absolute Gasteiger partial charge is 0.385 e. The Bertz CT molecular complexity index is 1390. The van der Waals surface area contributed by atoms with Gasteiger partial charge in [-0.3, -0.25) is 14.2 Å². The number of halogens is 2. The van der Waals surface area contributed by atoms with E-state index in [1.165, 1.54) is 28.8 Å². The number of amides is 1. The summed E-state index contributed by atoms with van der Waals surface area (Å²) in [7, 11) is 1.60. The van der Waals surface area contributed by atoms with Crippen LogP contribution in [-0.4, -0.2) is 40.6 Å². The summed E-state index contributed by atoms with van der Waals surface area (Å²) in [6, 6.07) is 18.8. The summed E-state index contributed by atoms with van der Waals surface area (Å²) in [5, 5.41) is 1.01. The summed E-state index contributed by atoms with van der Waals surface area (Å²) in [5.74, 6) is -0.309. The fourth-order valence-corrected chi connectivity index (χ4v) is 4.14. The molecule has 0 aliphatic rings. The first kappa shape index (κ1) is 24.6. The first-order valence-electron chi connectivity index (χ1n) is 11.2. The van der Waals surface area contributed by atoms with Crippen LogP contribution in [0.15, 0.2) is 77.6 Å². The smallest absolute Gasteiger partial charge is 0.266 e. The summed E-state index contributed by atoms with van der Waals surface area (Å²) < 4.78 is 20.2. The molecule has 6 nitrogen and oxygen atoms in total. The quantitative estimate of drug-likeness (QED) is 0.307. The third-order valence-electron chi connectivity index (χ3n) is 5.83. The van der Waals surface area contributed by atoms with Crippen molar-refractivity contribution in [2.24, 2.45) is 0 Å². The molecule has 1 amide bonds. The molecule has 8 heteroatoms. The Morgan fingerprint density at radius 2 is 1.77 bits per heavy atom. The van der Waals surface area contributed by atoms with Gasteiger partial charge >= 0.3 is 0 Å². The van der Waals surface area contributed by atoms with Gasteiger partial charge in [-0.25, -0.2) is 9.37 Å². The molecule has 0 saturated carbocycles. The van der Waals surface area contributed by atoms with E-state index in [1.54, 1.807) is 54.5 Å². The van der Waals surface area contributed by atoms with Crippen molar-refractivity contribution in [3.63, 3.8) is 0 Å². The zero-order valence-corrected chi connectivity index (χ0v) is 20.2. The van der Waals surface area contributed by atoms with Gasteiger partial charge < -0.3 is 9.64 Å². The van der Waals surface area contributed by atoms with Crippen LogP contribution < -0.4 is 5.56 Å². The van der Waals surface area contributed by atoms with Gasteiger partial charge in [-0.15, -0.1) is 0 Å². The van der Waals surface area contributed by atoms with Gasteiger partial charge in [0.2, 0.25) is 0 Å². The number of ether oxygens (including phenoxy) is 1. The van der Waals surface area contributed by atoms with Gasteiger partial charge in [0.25, 0.3) is 11.5 Å². The molecular formula is C27H25ClFN3O3. The number of hydrogen-bond acceptors (Lipinski definition) is 4. The van der Waals surface area contributed by atoms with Crippen LogP contribution >= 0.6 is 11.6 Å². The summed E-state index contributed by atoms with van der Waals surface area (Å²) in [5.41, 5.74) is 1.23. The number of carbonyl (C=O) groups excluding carboxylic acids is 1. The molecule has 0 fully saturated rings. The number of para-hydroxylation sites is 1. The Hall–Kier alpha value is -3.55. The molecule has 0 saturated heterocycles. The summed E-state index contributed by atoms with van der Waals surface area (Å²) in [6.45, 7) is 2.64. The number of nitrogens with zero attached hydrogens (tertiary/aromatic N) is 3.